The molecule has 0 unspecified atom stereocenters. The van der Waals surface area contributed by atoms with Gasteiger partial charge < -0.3 is 9.13 Å². The van der Waals surface area contributed by atoms with Crippen LogP contribution in [0, 0.1) is 24.5 Å². The molecule has 5 nitrogen and oxygen atoms in total. The van der Waals surface area contributed by atoms with Crippen LogP contribution in [0.4, 0.5) is 0 Å². The fourth-order valence-corrected chi connectivity index (χ4v) is 2.57. The maximum atomic E-state index is 12.8. The number of H-pyrrole nitrogens is 1. The Morgan fingerprint density at radius 1 is 1.38 bits per heavy atom. The van der Waals surface area contributed by atoms with Crippen molar-refractivity contribution in [2.45, 2.75) is 40.7 Å². The van der Waals surface area contributed by atoms with E-state index in [2.05, 4.69) is 24.0 Å². The summed E-state index contributed by atoms with van der Waals surface area (Å²) in [6, 6.07) is 2.04. The van der Waals surface area contributed by atoms with Crippen molar-refractivity contribution in [3.63, 3.8) is 0 Å². The highest BCUT2D eigenvalue weighted by Crippen LogP contribution is 2.18. The Morgan fingerprint density at radius 3 is 2.57 bits per heavy atom. The normalized spacial score (nSPS) is 11.3. The monoisotopic (exact) mass is 306 g/mol. The fourth-order valence-electron chi connectivity index (χ4n) is 2.43. The molecular formula is C15H22N4OS. The van der Waals surface area contributed by atoms with Crippen LogP contribution in [-0.4, -0.2) is 19.3 Å². The summed E-state index contributed by atoms with van der Waals surface area (Å²) in [4.78, 5) is 12.8. The van der Waals surface area contributed by atoms with Crippen molar-refractivity contribution >= 4 is 12.2 Å². The van der Waals surface area contributed by atoms with Crippen molar-refractivity contribution in [3.8, 4) is 11.4 Å². The molecule has 114 valence electrons. The summed E-state index contributed by atoms with van der Waals surface area (Å²) < 4.78 is 4.08. The molecule has 0 aliphatic rings. The first kappa shape index (κ1) is 15.7. The third-order valence-corrected chi connectivity index (χ3v) is 4.10. The van der Waals surface area contributed by atoms with Gasteiger partial charge in [0.15, 0.2) is 10.6 Å². The van der Waals surface area contributed by atoms with E-state index in [0.717, 1.165) is 24.2 Å². The molecule has 0 atom stereocenters. The lowest BCUT2D eigenvalue weighted by atomic mass is 10.1. The molecule has 6 heteroatoms. The molecule has 2 rings (SSSR count). The highest BCUT2D eigenvalue weighted by Gasteiger charge is 2.16. The molecule has 0 saturated carbocycles. The van der Waals surface area contributed by atoms with Crippen molar-refractivity contribution in [1.29, 1.82) is 0 Å². The van der Waals surface area contributed by atoms with E-state index in [1.54, 1.807) is 4.57 Å². The number of aromatic nitrogens is 4. The third kappa shape index (κ3) is 3.00. The minimum atomic E-state index is 0.00486. The van der Waals surface area contributed by atoms with Gasteiger partial charge in [-0.2, -0.15) is 5.10 Å². The molecule has 2 aromatic rings. The maximum absolute atomic E-state index is 12.8. The lowest BCUT2D eigenvalue weighted by Crippen LogP contribution is -2.26. The summed E-state index contributed by atoms with van der Waals surface area (Å²) in [5.74, 6) is 1.16. The molecular weight excluding hydrogens is 284 g/mol. The van der Waals surface area contributed by atoms with Gasteiger partial charge in [-0.3, -0.25) is 9.89 Å². The Bertz CT molecular complexity index is 767. The van der Waals surface area contributed by atoms with Gasteiger partial charge in [-0.05, 0) is 50.0 Å². The van der Waals surface area contributed by atoms with Gasteiger partial charge in [0.05, 0.1) is 5.56 Å². The zero-order chi connectivity index (χ0) is 15.7. The summed E-state index contributed by atoms with van der Waals surface area (Å²) in [6.07, 6.45) is 0.974. The quantitative estimate of drug-likeness (QED) is 0.884. The molecule has 21 heavy (non-hydrogen) atoms. The van der Waals surface area contributed by atoms with Crippen LogP contribution in [0.3, 0.4) is 0 Å². The predicted octanol–water partition coefficient (Wildman–Crippen LogP) is 2.97. The number of aromatic amines is 1. The Kier molecular flexibility index (Phi) is 4.46. The summed E-state index contributed by atoms with van der Waals surface area (Å²) in [5, 5.41) is 6.95. The molecule has 0 aromatic carbocycles. The minimum Gasteiger partial charge on any atom is -0.312 e. The molecule has 0 fully saturated rings. The maximum Gasteiger partial charge on any atom is 0.262 e. The molecule has 2 heterocycles. The standard InChI is InChI=1S/C15H22N4OS/c1-9(2)6-7-19-11(4)8-10(3)12(14(19)20)13-16-17-15(21)18(13)5/h8-9H,6-7H2,1-5H3,(H,17,21). The highest BCUT2D eigenvalue weighted by atomic mass is 32.1. The van der Waals surface area contributed by atoms with Crippen molar-refractivity contribution in [1.82, 2.24) is 19.3 Å². The van der Waals surface area contributed by atoms with E-state index in [1.807, 2.05) is 31.5 Å². The van der Waals surface area contributed by atoms with Crippen molar-refractivity contribution in [2.75, 3.05) is 0 Å². The SMILES string of the molecule is Cc1cc(C)n(CCC(C)C)c(=O)c1-c1n[nH]c(=S)n1C. The van der Waals surface area contributed by atoms with Crippen LogP contribution in [0.1, 0.15) is 31.5 Å². The molecule has 2 aromatic heterocycles. The molecule has 0 amide bonds. The van der Waals surface area contributed by atoms with Crippen LogP contribution in [0.2, 0.25) is 0 Å². The summed E-state index contributed by atoms with van der Waals surface area (Å²) in [6.45, 7) is 8.96. The molecule has 0 saturated heterocycles. The smallest absolute Gasteiger partial charge is 0.262 e. The average molecular weight is 306 g/mol. The van der Waals surface area contributed by atoms with Gasteiger partial charge in [0.25, 0.3) is 5.56 Å². The Morgan fingerprint density at radius 2 is 2.05 bits per heavy atom. The summed E-state index contributed by atoms with van der Waals surface area (Å²) >= 11 is 5.14. The summed E-state index contributed by atoms with van der Waals surface area (Å²) in [7, 11) is 1.82. The van der Waals surface area contributed by atoms with Crippen molar-refractivity contribution in [2.24, 2.45) is 13.0 Å². The fraction of sp³-hybridized carbons (Fsp3) is 0.533. The number of hydrogen-bond acceptors (Lipinski definition) is 3. The Balaban J connectivity index is 2.62. The zero-order valence-electron chi connectivity index (χ0n) is 13.2. The Labute approximate surface area is 129 Å². The van der Waals surface area contributed by atoms with E-state index in [9.17, 15) is 4.79 Å². The van der Waals surface area contributed by atoms with Crippen LogP contribution in [0.15, 0.2) is 10.9 Å². The number of rotatable bonds is 4. The Hall–Kier alpha value is -1.69. The lowest BCUT2D eigenvalue weighted by Gasteiger charge is -2.15. The van der Waals surface area contributed by atoms with E-state index in [1.165, 1.54) is 0 Å². The van der Waals surface area contributed by atoms with E-state index >= 15 is 0 Å². The number of hydrogen-bond donors (Lipinski definition) is 1. The minimum absolute atomic E-state index is 0.00486. The van der Waals surface area contributed by atoms with E-state index in [0.29, 0.717) is 22.1 Å². The second kappa shape index (κ2) is 5.97. The van der Waals surface area contributed by atoms with Crippen molar-refractivity contribution in [3.05, 3.63) is 32.4 Å². The van der Waals surface area contributed by atoms with Crippen LogP contribution < -0.4 is 5.56 Å². The molecule has 0 bridgehead atoms. The first-order valence-corrected chi connectivity index (χ1v) is 7.56. The molecule has 1 N–H and O–H groups in total. The molecule has 0 spiro atoms. The number of nitrogens with one attached hydrogen (secondary N) is 1. The van der Waals surface area contributed by atoms with Gasteiger partial charge in [-0.15, -0.1) is 0 Å². The topological polar surface area (TPSA) is 55.6 Å². The highest BCUT2D eigenvalue weighted by molar-refractivity contribution is 7.71. The van der Waals surface area contributed by atoms with Gasteiger partial charge >= 0.3 is 0 Å². The third-order valence-electron chi connectivity index (χ3n) is 3.74. The summed E-state index contributed by atoms with van der Waals surface area (Å²) in [5.41, 5.74) is 2.54. The molecule has 0 radical (unpaired) electrons. The van der Waals surface area contributed by atoms with E-state index in [-0.39, 0.29) is 5.56 Å². The lowest BCUT2D eigenvalue weighted by molar-refractivity contribution is 0.501. The van der Waals surface area contributed by atoms with Gasteiger partial charge in [-0.25, -0.2) is 0 Å². The van der Waals surface area contributed by atoms with E-state index in [4.69, 9.17) is 12.2 Å². The first-order valence-electron chi connectivity index (χ1n) is 7.15. The second-order valence-corrected chi connectivity index (χ2v) is 6.28. The first-order chi connectivity index (χ1) is 9.82. The predicted molar refractivity (Wildman–Crippen MR) is 87.0 cm³/mol. The number of pyridine rings is 1. The molecule has 0 aliphatic heterocycles. The van der Waals surface area contributed by atoms with Crippen LogP contribution in [-0.2, 0) is 13.6 Å². The average Bonchev–Trinajstić information content (AvgIpc) is 2.70. The largest absolute Gasteiger partial charge is 0.312 e. The van der Waals surface area contributed by atoms with Gasteiger partial charge in [-0.1, -0.05) is 13.8 Å². The van der Waals surface area contributed by atoms with Gasteiger partial charge in [0.2, 0.25) is 0 Å². The van der Waals surface area contributed by atoms with Crippen molar-refractivity contribution < 1.29 is 0 Å². The van der Waals surface area contributed by atoms with Crippen LogP contribution >= 0.6 is 12.2 Å². The number of aryl methyl sites for hydroxylation is 2. The zero-order valence-corrected chi connectivity index (χ0v) is 14.0. The van der Waals surface area contributed by atoms with Crippen LogP contribution in [0.5, 0.6) is 0 Å². The van der Waals surface area contributed by atoms with E-state index < -0.39 is 0 Å². The second-order valence-electron chi connectivity index (χ2n) is 5.89. The molecule has 0 aliphatic carbocycles. The van der Waals surface area contributed by atoms with Gasteiger partial charge in [0, 0.05) is 19.3 Å². The van der Waals surface area contributed by atoms with Crippen LogP contribution in [0.25, 0.3) is 11.4 Å². The number of nitrogens with zero attached hydrogens (tertiary/aromatic N) is 3. The van der Waals surface area contributed by atoms with Gasteiger partial charge in [0.1, 0.15) is 0 Å².